The number of nitrogens with zero attached hydrogens (tertiary/aromatic N) is 3. The molecule has 0 radical (unpaired) electrons. The van der Waals surface area contributed by atoms with E-state index in [-0.39, 0.29) is 16.4 Å². The van der Waals surface area contributed by atoms with E-state index >= 15 is 0 Å². The van der Waals surface area contributed by atoms with E-state index in [0.717, 1.165) is 5.56 Å². The van der Waals surface area contributed by atoms with Gasteiger partial charge in [-0.05, 0) is 54.1 Å². The largest absolute Gasteiger partial charge is 0.260 e. The number of hydrogen-bond acceptors (Lipinski definition) is 4. The van der Waals surface area contributed by atoms with E-state index < -0.39 is 5.82 Å². The summed E-state index contributed by atoms with van der Waals surface area (Å²) in [5.74, 6) is -0.256. The van der Waals surface area contributed by atoms with Gasteiger partial charge in [0, 0.05) is 16.9 Å². The maximum Gasteiger partial charge on any atom is 0.218 e. The lowest BCUT2D eigenvalue weighted by molar-refractivity contribution is 0.628. The normalized spacial score (nSPS) is 11.4. The molecule has 5 rings (SSSR count). The third-order valence-corrected chi connectivity index (χ3v) is 8.00. The highest BCUT2D eigenvalue weighted by Crippen LogP contribution is 2.44. The molecule has 0 amide bonds. The first kappa shape index (κ1) is 22.6. The van der Waals surface area contributed by atoms with Crippen LogP contribution in [0.3, 0.4) is 0 Å². The van der Waals surface area contributed by atoms with Gasteiger partial charge in [-0.2, -0.15) is 0 Å². The smallest absolute Gasteiger partial charge is 0.218 e. The third-order valence-electron chi connectivity index (χ3n) is 4.90. The molecule has 0 spiro atoms. The number of thioether (sulfide) groups is 1. The second kappa shape index (κ2) is 9.24. The minimum absolute atomic E-state index is 0.273. The Morgan fingerprint density at radius 2 is 1.67 bits per heavy atom. The summed E-state index contributed by atoms with van der Waals surface area (Å²) in [6.07, 6.45) is 0. The number of benzene rings is 3. The van der Waals surface area contributed by atoms with E-state index in [1.54, 1.807) is 36.4 Å². The Morgan fingerprint density at radius 1 is 0.879 bits per heavy atom. The molecule has 3 aromatic carbocycles. The van der Waals surface area contributed by atoms with Gasteiger partial charge in [0.1, 0.15) is 11.6 Å². The molecule has 0 bridgehead atoms. The fourth-order valence-corrected chi connectivity index (χ4v) is 6.10. The van der Waals surface area contributed by atoms with E-state index in [1.165, 1.54) is 41.3 Å². The van der Waals surface area contributed by atoms with Gasteiger partial charge in [0.15, 0.2) is 5.16 Å². The first-order chi connectivity index (χ1) is 15.9. The van der Waals surface area contributed by atoms with Crippen LogP contribution in [0.5, 0.6) is 0 Å². The zero-order chi connectivity index (χ0) is 23.1. The number of fused-ring (bicyclic) bond motifs is 1. The third kappa shape index (κ3) is 4.36. The molecule has 33 heavy (non-hydrogen) atoms. The number of hydrogen-bond donors (Lipinski definition) is 0. The molecule has 2 aromatic heterocycles. The molecule has 0 aliphatic heterocycles. The molecule has 166 valence electrons. The van der Waals surface area contributed by atoms with Crippen molar-refractivity contribution in [1.29, 1.82) is 0 Å². The van der Waals surface area contributed by atoms with Crippen molar-refractivity contribution in [2.45, 2.75) is 10.9 Å². The molecule has 0 fully saturated rings. The summed E-state index contributed by atoms with van der Waals surface area (Å²) in [6, 6.07) is 16.0. The fraction of sp³-hybridized carbons (Fsp3) is 0.0435. The van der Waals surface area contributed by atoms with Gasteiger partial charge in [-0.3, -0.25) is 4.40 Å². The Bertz CT molecular complexity index is 1460. The summed E-state index contributed by atoms with van der Waals surface area (Å²) in [4.78, 5) is 1.16. The van der Waals surface area contributed by atoms with Crippen molar-refractivity contribution in [3.8, 4) is 21.7 Å². The van der Waals surface area contributed by atoms with Gasteiger partial charge in [0.05, 0.1) is 25.6 Å². The van der Waals surface area contributed by atoms with Crippen LogP contribution in [-0.4, -0.2) is 14.6 Å². The Balaban J connectivity index is 1.66. The topological polar surface area (TPSA) is 30.2 Å². The monoisotopic (exact) mass is 537 g/mol. The zero-order valence-corrected chi connectivity index (χ0v) is 20.4. The van der Waals surface area contributed by atoms with Crippen molar-refractivity contribution in [2.75, 3.05) is 0 Å². The quantitative estimate of drug-likeness (QED) is 0.210. The molecule has 0 aliphatic carbocycles. The van der Waals surface area contributed by atoms with Gasteiger partial charge < -0.3 is 0 Å². The molecule has 0 saturated carbocycles. The first-order valence-electron chi connectivity index (χ1n) is 9.57. The van der Waals surface area contributed by atoms with Gasteiger partial charge in [0.2, 0.25) is 4.96 Å². The van der Waals surface area contributed by atoms with Crippen LogP contribution in [0.15, 0.2) is 65.8 Å². The molecule has 0 N–H and O–H groups in total. The maximum absolute atomic E-state index is 14.9. The average molecular weight is 539 g/mol. The van der Waals surface area contributed by atoms with Crippen LogP contribution in [0, 0.1) is 11.6 Å². The van der Waals surface area contributed by atoms with Crippen molar-refractivity contribution in [2.24, 2.45) is 0 Å². The Kier molecular flexibility index (Phi) is 6.33. The summed E-state index contributed by atoms with van der Waals surface area (Å²) in [5, 5.41) is 10.5. The van der Waals surface area contributed by atoms with Crippen molar-refractivity contribution in [3.63, 3.8) is 0 Å². The first-order valence-corrected chi connectivity index (χ1v) is 12.5. The molecule has 0 atom stereocenters. The van der Waals surface area contributed by atoms with Crippen LogP contribution >= 0.6 is 57.9 Å². The van der Waals surface area contributed by atoms with Crippen LogP contribution in [-0.2, 0) is 5.75 Å². The lowest BCUT2D eigenvalue weighted by Gasteiger charge is -2.09. The SMILES string of the molecule is Fc1ccc(-c2c(-c3c(F)cccc3Cl)sc3nnc(SCc4ccc(Cl)c(Cl)c4)n23)cc1. The highest BCUT2D eigenvalue weighted by atomic mass is 35.5. The Morgan fingerprint density at radius 3 is 2.39 bits per heavy atom. The molecule has 10 heteroatoms. The van der Waals surface area contributed by atoms with E-state index in [4.69, 9.17) is 34.8 Å². The van der Waals surface area contributed by atoms with E-state index in [9.17, 15) is 8.78 Å². The highest BCUT2D eigenvalue weighted by molar-refractivity contribution is 7.98. The minimum Gasteiger partial charge on any atom is -0.260 e. The van der Waals surface area contributed by atoms with Crippen LogP contribution < -0.4 is 0 Å². The predicted molar refractivity (Wildman–Crippen MR) is 133 cm³/mol. The highest BCUT2D eigenvalue weighted by Gasteiger charge is 2.24. The number of thiazole rings is 1. The average Bonchev–Trinajstić information content (AvgIpc) is 3.35. The van der Waals surface area contributed by atoms with Crippen LogP contribution in [0.4, 0.5) is 8.78 Å². The van der Waals surface area contributed by atoms with Crippen molar-refractivity contribution >= 4 is 62.9 Å². The standard InChI is InChI=1S/C23H12Cl3F2N3S2/c24-15-9-4-12(10-17(15)26)11-32-22-29-30-23-31(22)20(13-5-7-14(27)8-6-13)21(33-23)19-16(25)2-1-3-18(19)28/h1-10H,11H2. The van der Waals surface area contributed by atoms with E-state index in [1.807, 2.05) is 10.5 Å². The second-order valence-corrected chi connectivity index (χ2v) is 10.2. The predicted octanol–water partition coefficient (Wildman–Crippen LogP) is 8.66. The number of aromatic nitrogens is 3. The van der Waals surface area contributed by atoms with Gasteiger partial charge >= 0.3 is 0 Å². The summed E-state index contributed by atoms with van der Waals surface area (Å²) in [7, 11) is 0. The lowest BCUT2D eigenvalue weighted by atomic mass is 10.1. The Hall–Kier alpha value is -2.16. The summed E-state index contributed by atoms with van der Waals surface area (Å²) in [6.45, 7) is 0. The molecule has 5 aromatic rings. The van der Waals surface area contributed by atoms with Gasteiger partial charge in [-0.25, -0.2) is 8.78 Å². The van der Waals surface area contributed by atoms with E-state index in [2.05, 4.69) is 10.2 Å². The molecular formula is C23H12Cl3F2N3S2. The van der Waals surface area contributed by atoms with Crippen LogP contribution in [0.2, 0.25) is 15.1 Å². The summed E-state index contributed by atoms with van der Waals surface area (Å²) >= 11 is 21.3. The molecular weight excluding hydrogens is 527 g/mol. The van der Waals surface area contributed by atoms with E-state index in [0.29, 0.717) is 42.0 Å². The number of halogens is 5. The van der Waals surface area contributed by atoms with Gasteiger partial charge in [-0.1, -0.05) is 70.0 Å². The number of rotatable bonds is 5. The van der Waals surface area contributed by atoms with Crippen molar-refractivity contribution in [3.05, 3.63) is 92.9 Å². The lowest BCUT2D eigenvalue weighted by Crippen LogP contribution is -1.94. The molecule has 0 unspecified atom stereocenters. The maximum atomic E-state index is 14.9. The van der Waals surface area contributed by atoms with Crippen LogP contribution in [0.1, 0.15) is 5.56 Å². The molecule has 0 saturated heterocycles. The molecule has 3 nitrogen and oxygen atoms in total. The van der Waals surface area contributed by atoms with Crippen molar-refractivity contribution in [1.82, 2.24) is 14.6 Å². The van der Waals surface area contributed by atoms with Crippen molar-refractivity contribution < 1.29 is 8.78 Å². The molecule has 0 aliphatic rings. The van der Waals surface area contributed by atoms with Gasteiger partial charge in [-0.15, -0.1) is 10.2 Å². The van der Waals surface area contributed by atoms with Gasteiger partial charge in [0.25, 0.3) is 0 Å². The minimum atomic E-state index is -0.451. The second-order valence-electron chi connectivity index (χ2n) is 7.02. The fourth-order valence-electron chi connectivity index (χ4n) is 3.38. The molecule has 2 heterocycles. The Labute approximate surface area is 210 Å². The summed E-state index contributed by atoms with van der Waals surface area (Å²) < 4.78 is 30.4. The summed E-state index contributed by atoms with van der Waals surface area (Å²) in [5.41, 5.74) is 2.56. The van der Waals surface area contributed by atoms with Crippen LogP contribution in [0.25, 0.3) is 26.7 Å². The zero-order valence-electron chi connectivity index (χ0n) is 16.5.